The van der Waals surface area contributed by atoms with Gasteiger partial charge in [0, 0.05) is 37.8 Å². The zero-order valence-electron chi connectivity index (χ0n) is 15.8. The first kappa shape index (κ1) is 26.1. The average molecular weight is 441 g/mol. The predicted molar refractivity (Wildman–Crippen MR) is 113 cm³/mol. The number of hydrogen-bond acceptors (Lipinski definition) is 5. The first-order chi connectivity index (χ1) is 11.8. The summed E-state index contributed by atoms with van der Waals surface area (Å²) in [6.45, 7) is 4.44. The second-order valence-electron chi connectivity index (χ2n) is 6.65. The molecule has 0 bridgehead atoms. The van der Waals surface area contributed by atoms with Gasteiger partial charge in [0.1, 0.15) is 0 Å². The van der Waals surface area contributed by atoms with Crippen molar-refractivity contribution in [2.45, 2.75) is 37.1 Å². The molecule has 1 fully saturated rings. The number of carbonyl (C=O) groups excluding carboxylic acids is 1. The lowest BCUT2D eigenvalue weighted by molar-refractivity contribution is -0.116. The summed E-state index contributed by atoms with van der Waals surface area (Å²) in [5.41, 5.74) is 6.14. The van der Waals surface area contributed by atoms with E-state index in [2.05, 4.69) is 10.2 Å². The summed E-state index contributed by atoms with van der Waals surface area (Å²) >= 11 is 0. The summed E-state index contributed by atoms with van der Waals surface area (Å²) in [4.78, 5) is 14.3. The highest BCUT2D eigenvalue weighted by Gasteiger charge is 2.26. The molecule has 3 N–H and O–H groups in total. The molecule has 1 aliphatic heterocycles. The van der Waals surface area contributed by atoms with E-state index in [4.69, 9.17) is 5.73 Å². The summed E-state index contributed by atoms with van der Waals surface area (Å²) in [6, 6.07) is 6.39. The number of benzene rings is 1. The van der Waals surface area contributed by atoms with E-state index in [1.807, 2.05) is 14.0 Å². The number of rotatable bonds is 6. The van der Waals surface area contributed by atoms with Gasteiger partial charge in [-0.25, -0.2) is 8.42 Å². The molecule has 0 radical (unpaired) electrons. The maximum absolute atomic E-state index is 12.9. The van der Waals surface area contributed by atoms with Gasteiger partial charge in [-0.05, 0) is 51.6 Å². The number of amides is 1. The molecule has 156 valence electrons. The molecule has 1 aliphatic rings. The fraction of sp³-hybridized carbons (Fsp3) is 0.588. The van der Waals surface area contributed by atoms with Crippen LogP contribution in [0.1, 0.15) is 26.2 Å². The van der Waals surface area contributed by atoms with E-state index in [0.717, 1.165) is 13.0 Å². The Morgan fingerprint density at radius 1 is 1.22 bits per heavy atom. The van der Waals surface area contributed by atoms with E-state index >= 15 is 0 Å². The Hall–Kier alpha value is -0.900. The standard InChI is InChI=1S/C17H28N4O3S.2ClH/c1-14(18)7-8-17(22)19-15-5-3-6-16(13-15)25(23,24)21-10-4-9-20(2)11-12-21;;/h3,5-6,13-14H,4,7-12,18H2,1-2H3,(H,19,22);2*1H. The Kier molecular flexibility index (Phi) is 11.4. The highest BCUT2D eigenvalue weighted by Crippen LogP contribution is 2.21. The van der Waals surface area contributed by atoms with Crippen LogP contribution in [0.2, 0.25) is 0 Å². The number of nitrogens with one attached hydrogen (secondary N) is 1. The number of halogens is 2. The largest absolute Gasteiger partial charge is 0.328 e. The van der Waals surface area contributed by atoms with Crippen LogP contribution >= 0.6 is 24.8 Å². The molecule has 0 spiro atoms. The SMILES string of the molecule is CC(N)CCC(=O)Nc1cccc(S(=O)(=O)N2CCCN(C)CC2)c1.Cl.Cl. The van der Waals surface area contributed by atoms with Crippen LogP contribution in [0.3, 0.4) is 0 Å². The number of nitrogens with two attached hydrogens (primary N) is 1. The van der Waals surface area contributed by atoms with E-state index in [1.165, 1.54) is 10.4 Å². The summed E-state index contributed by atoms with van der Waals surface area (Å²) in [6.07, 6.45) is 1.71. The van der Waals surface area contributed by atoms with E-state index in [0.29, 0.717) is 38.2 Å². The second kappa shape index (κ2) is 11.8. The van der Waals surface area contributed by atoms with Crippen molar-refractivity contribution in [3.05, 3.63) is 24.3 Å². The Bertz CT molecular complexity index is 701. The Morgan fingerprint density at radius 2 is 1.93 bits per heavy atom. The van der Waals surface area contributed by atoms with Gasteiger partial charge in [-0.15, -0.1) is 24.8 Å². The summed E-state index contributed by atoms with van der Waals surface area (Å²) in [5.74, 6) is -0.164. The predicted octanol–water partition coefficient (Wildman–Crippen LogP) is 1.92. The van der Waals surface area contributed by atoms with Crippen molar-refractivity contribution in [2.75, 3.05) is 38.5 Å². The normalized spacial score (nSPS) is 17.1. The Balaban J connectivity index is 0.00000338. The number of hydrogen-bond donors (Lipinski definition) is 2. The van der Waals surface area contributed by atoms with E-state index in [1.54, 1.807) is 18.2 Å². The van der Waals surface area contributed by atoms with Crippen molar-refractivity contribution in [3.63, 3.8) is 0 Å². The van der Waals surface area contributed by atoms with Gasteiger partial charge in [-0.2, -0.15) is 4.31 Å². The maximum atomic E-state index is 12.9. The van der Waals surface area contributed by atoms with E-state index < -0.39 is 10.0 Å². The quantitative estimate of drug-likeness (QED) is 0.703. The third-order valence-electron chi connectivity index (χ3n) is 4.26. The van der Waals surface area contributed by atoms with Crippen molar-refractivity contribution in [1.82, 2.24) is 9.21 Å². The first-order valence-electron chi connectivity index (χ1n) is 8.63. The minimum atomic E-state index is -3.56. The minimum absolute atomic E-state index is 0. The second-order valence-corrected chi connectivity index (χ2v) is 8.59. The van der Waals surface area contributed by atoms with Crippen molar-refractivity contribution >= 4 is 46.4 Å². The molecule has 0 saturated carbocycles. The first-order valence-corrected chi connectivity index (χ1v) is 10.1. The smallest absolute Gasteiger partial charge is 0.243 e. The summed E-state index contributed by atoms with van der Waals surface area (Å²) in [5, 5.41) is 2.75. The van der Waals surface area contributed by atoms with Crippen LogP contribution in [0, 0.1) is 0 Å². The van der Waals surface area contributed by atoms with Gasteiger partial charge in [0.25, 0.3) is 0 Å². The molecule has 1 saturated heterocycles. The molecule has 1 amide bonds. The van der Waals surface area contributed by atoms with Gasteiger partial charge in [-0.3, -0.25) is 4.79 Å². The molecule has 1 heterocycles. The number of likely N-dealkylation sites (N-methyl/N-ethyl adjacent to an activating group) is 1. The molecule has 27 heavy (non-hydrogen) atoms. The van der Waals surface area contributed by atoms with Gasteiger partial charge in [-0.1, -0.05) is 6.07 Å². The summed E-state index contributed by atoms with van der Waals surface area (Å²) in [7, 11) is -1.56. The molecule has 1 unspecified atom stereocenters. The monoisotopic (exact) mass is 440 g/mol. The topological polar surface area (TPSA) is 95.7 Å². The third-order valence-corrected chi connectivity index (χ3v) is 6.16. The number of nitrogens with zero attached hydrogens (tertiary/aromatic N) is 2. The molecule has 10 heteroatoms. The third kappa shape index (κ3) is 7.93. The lowest BCUT2D eigenvalue weighted by atomic mass is 10.2. The molecule has 7 nitrogen and oxygen atoms in total. The molecular weight excluding hydrogens is 411 g/mol. The van der Waals surface area contributed by atoms with Crippen LogP contribution < -0.4 is 11.1 Å². The average Bonchev–Trinajstić information content (AvgIpc) is 2.78. The molecule has 0 aromatic heterocycles. The van der Waals surface area contributed by atoms with Gasteiger partial charge >= 0.3 is 0 Å². The molecule has 1 atom stereocenters. The zero-order chi connectivity index (χ0) is 18.4. The Morgan fingerprint density at radius 3 is 2.59 bits per heavy atom. The van der Waals surface area contributed by atoms with Crippen LogP contribution in [0.4, 0.5) is 5.69 Å². The lowest BCUT2D eigenvalue weighted by Crippen LogP contribution is -2.34. The minimum Gasteiger partial charge on any atom is -0.328 e. The number of carbonyl (C=O) groups is 1. The molecular formula is C17H30Cl2N4O3S. The van der Waals surface area contributed by atoms with Crippen molar-refractivity contribution in [2.24, 2.45) is 5.73 Å². The number of anilines is 1. The molecule has 0 aliphatic carbocycles. The Labute approximate surface area is 174 Å². The molecule has 1 aromatic carbocycles. The molecule has 2 rings (SSSR count). The van der Waals surface area contributed by atoms with Crippen LogP contribution in [-0.4, -0.2) is 62.8 Å². The van der Waals surface area contributed by atoms with Crippen molar-refractivity contribution in [1.29, 1.82) is 0 Å². The summed E-state index contributed by atoms with van der Waals surface area (Å²) < 4.78 is 27.3. The van der Waals surface area contributed by atoms with Crippen molar-refractivity contribution < 1.29 is 13.2 Å². The fourth-order valence-corrected chi connectivity index (χ4v) is 4.24. The van der Waals surface area contributed by atoms with Crippen LogP contribution in [0.25, 0.3) is 0 Å². The molecule has 1 aromatic rings. The van der Waals surface area contributed by atoms with E-state index in [-0.39, 0.29) is 41.7 Å². The van der Waals surface area contributed by atoms with Gasteiger partial charge in [0.15, 0.2) is 0 Å². The highest BCUT2D eigenvalue weighted by atomic mass is 35.5. The fourth-order valence-electron chi connectivity index (χ4n) is 2.73. The van der Waals surface area contributed by atoms with Crippen LogP contribution in [-0.2, 0) is 14.8 Å². The lowest BCUT2D eigenvalue weighted by Gasteiger charge is -2.20. The van der Waals surface area contributed by atoms with E-state index in [9.17, 15) is 13.2 Å². The highest BCUT2D eigenvalue weighted by molar-refractivity contribution is 7.89. The zero-order valence-corrected chi connectivity index (χ0v) is 18.2. The van der Waals surface area contributed by atoms with Crippen LogP contribution in [0.5, 0.6) is 0 Å². The van der Waals surface area contributed by atoms with Gasteiger partial charge in [0.2, 0.25) is 15.9 Å². The van der Waals surface area contributed by atoms with Gasteiger partial charge < -0.3 is 16.0 Å². The van der Waals surface area contributed by atoms with Crippen molar-refractivity contribution in [3.8, 4) is 0 Å². The maximum Gasteiger partial charge on any atom is 0.243 e. The van der Waals surface area contributed by atoms with Crippen LogP contribution in [0.15, 0.2) is 29.2 Å². The van der Waals surface area contributed by atoms with Gasteiger partial charge in [0.05, 0.1) is 4.90 Å². The number of sulfonamides is 1.